The standard InChI is InChI=1S/C24H20N3.BrH/c1-18-24-22(16-21(25-18)20-12-6-3-7-13-20)26-15-9-8-14-23(26)27(24)17-19-10-4-2-5-11-19;/h2-16H,17H2,1H3;1H/q+1;/p-1. The summed E-state index contributed by atoms with van der Waals surface area (Å²) >= 11 is 0. The highest BCUT2D eigenvalue weighted by Gasteiger charge is 2.22. The molecule has 4 heteroatoms. The van der Waals surface area contributed by atoms with E-state index in [2.05, 4.69) is 101 Å². The third-order valence-electron chi connectivity index (χ3n) is 5.04. The molecule has 0 N–H and O–H groups in total. The second-order valence-electron chi connectivity index (χ2n) is 6.83. The van der Waals surface area contributed by atoms with Gasteiger partial charge in [-0.1, -0.05) is 66.7 Å². The van der Waals surface area contributed by atoms with Gasteiger partial charge in [-0.3, -0.25) is 0 Å². The first kappa shape index (κ1) is 18.4. The lowest BCUT2D eigenvalue weighted by Crippen LogP contribution is -3.00. The summed E-state index contributed by atoms with van der Waals surface area (Å²) in [6.45, 7) is 2.93. The molecule has 0 amide bonds. The molecular weight excluding hydrogens is 410 g/mol. The molecule has 0 unspecified atom stereocenters. The van der Waals surface area contributed by atoms with Crippen LogP contribution in [-0.2, 0) is 6.54 Å². The molecule has 0 aliphatic carbocycles. The Morgan fingerprint density at radius 2 is 1.54 bits per heavy atom. The summed E-state index contributed by atoms with van der Waals surface area (Å²) < 4.78 is 4.63. The largest absolute Gasteiger partial charge is 1.00 e. The van der Waals surface area contributed by atoms with Crippen LogP contribution in [0.25, 0.3) is 27.9 Å². The first-order valence-corrected chi connectivity index (χ1v) is 9.21. The Bertz CT molecular complexity index is 1240. The number of hydrogen-bond donors (Lipinski definition) is 0. The number of aryl methyl sites for hydroxylation is 1. The molecule has 0 atom stereocenters. The minimum absolute atomic E-state index is 0. The highest BCUT2D eigenvalue weighted by Crippen LogP contribution is 2.24. The highest BCUT2D eigenvalue weighted by molar-refractivity contribution is 5.82. The molecule has 0 saturated carbocycles. The van der Waals surface area contributed by atoms with E-state index in [1.807, 2.05) is 6.07 Å². The summed E-state index contributed by atoms with van der Waals surface area (Å²) in [4.78, 5) is 4.93. The number of hydrogen-bond acceptors (Lipinski definition) is 1. The topological polar surface area (TPSA) is 21.2 Å². The molecule has 5 rings (SSSR count). The molecule has 5 aromatic rings. The number of imidazole rings is 1. The van der Waals surface area contributed by atoms with Crippen LogP contribution in [0.5, 0.6) is 0 Å². The van der Waals surface area contributed by atoms with Gasteiger partial charge < -0.3 is 17.0 Å². The maximum absolute atomic E-state index is 4.93. The van der Waals surface area contributed by atoms with E-state index in [9.17, 15) is 0 Å². The predicted molar refractivity (Wildman–Crippen MR) is 109 cm³/mol. The minimum atomic E-state index is 0. The summed E-state index contributed by atoms with van der Waals surface area (Å²) in [6.07, 6.45) is 2.13. The minimum Gasteiger partial charge on any atom is -1.00 e. The van der Waals surface area contributed by atoms with Crippen LogP contribution in [-0.4, -0.2) is 9.38 Å². The molecule has 3 heterocycles. The van der Waals surface area contributed by atoms with E-state index in [4.69, 9.17) is 4.98 Å². The van der Waals surface area contributed by atoms with Crippen LogP contribution >= 0.6 is 0 Å². The Balaban J connectivity index is 0.00000192. The van der Waals surface area contributed by atoms with Gasteiger partial charge in [-0.05, 0) is 18.6 Å². The molecule has 138 valence electrons. The molecule has 0 radical (unpaired) electrons. The van der Waals surface area contributed by atoms with Crippen molar-refractivity contribution >= 4 is 16.7 Å². The Morgan fingerprint density at radius 3 is 2.29 bits per heavy atom. The van der Waals surface area contributed by atoms with Gasteiger partial charge in [-0.25, -0.2) is 9.55 Å². The molecule has 0 aliphatic rings. The van der Waals surface area contributed by atoms with Gasteiger partial charge in [0.25, 0.3) is 5.65 Å². The van der Waals surface area contributed by atoms with E-state index in [0.717, 1.165) is 23.5 Å². The monoisotopic (exact) mass is 429 g/mol. The first-order valence-electron chi connectivity index (χ1n) is 9.21. The lowest BCUT2D eigenvalue weighted by Gasteiger charge is -2.04. The molecular formula is C24H20BrN3. The van der Waals surface area contributed by atoms with E-state index in [0.29, 0.717) is 0 Å². The number of rotatable bonds is 3. The normalized spacial score (nSPS) is 10.9. The number of aromatic nitrogens is 3. The van der Waals surface area contributed by atoms with Crippen molar-refractivity contribution in [2.75, 3.05) is 0 Å². The number of nitrogens with zero attached hydrogens (tertiary/aromatic N) is 3. The maximum Gasteiger partial charge on any atom is 0.287 e. The molecule has 28 heavy (non-hydrogen) atoms. The summed E-state index contributed by atoms with van der Waals surface area (Å²) in [6, 6.07) is 29.5. The lowest BCUT2D eigenvalue weighted by molar-refractivity contribution is -0.636. The van der Waals surface area contributed by atoms with E-state index in [1.165, 1.54) is 22.2 Å². The van der Waals surface area contributed by atoms with Gasteiger partial charge in [-0.15, -0.1) is 0 Å². The fourth-order valence-corrected chi connectivity index (χ4v) is 3.82. The Hall–Kier alpha value is -2.98. The zero-order chi connectivity index (χ0) is 18.2. The molecule has 0 saturated heterocycles. The van der Waals surface area contributed by atoms with Crippen LogP contribution in [0.2, 0.25) is 0 Å². The summed E-state index contributed by atoms with van der Waals surface area (Å²) in [5, 5.41) is 0. The summed E-state index contributed by atoms with van der Waals surface area (Å²) in [7, 11) is 0. The van der Waals surface area contributed by atoms with Gasteiger partial charge in [0.15, 0.2) is 11.0 Å². The Labute approximate surface area is 174 Å². The van der Waals surface area contributed by atoms with Crippen LogP contribution in [0.1, 0.15) is 11.3 Å². The van der Waals surface area contributed by atoms with Crippen molar-refractivity contribution in [2.45, 2.75) is 13.5 Å². The van der Waals surface area contributed by atoms with E-state index >= 15 is 0 Å². The third-order valence-corrected chi connectivity index (χ3v) is 5.04. The Morgan fingerprint density at radius 1 is 0.857 bits per heavy atom. The fraction of sp³-hybridized carbons (Fsp3) is 0.0833. The zero-order valence-corrected chi connectivity index (χ0v) is 17.2. The summed E-state index contributed by atoms with van der Waals surface area (Å²) in [5.74, 6) is 0. The zero-order valence-electron chi connectivity index (χ0n) is 15.6. The van der Waals surface area contributed by atoms with Crippen molar-refractivity contribution in [3.05, 3.63) is 102 Å². The average molecular weight is 430 g/mol. The van der Waals surface area contributed by atoms with E-state index < -0.39 is 0 Å². The molecule has 0 bridgehead atoms. The van der Waals surface area contributed by atoms with Crippen LogP contribution in [0.4, 0.5) is 0 Å². The first-order chi connectivity index (χ1) is 13.3. The maximum atomic E-state index is 4.93. The van der Waals surface area contributed by atoms with Crippen LogP contribution in [0.3, 0.4) is 0 Å². The predicted octanol–water partition coefficient (Wildman–Crippen LogP) is 1.80. The second-order valence-corrected chi connectivity index (χ2v) is 6.83. The van der Waals surface area contributed by atoms with Crippen LogP contribution in [0, 0.1) is 6.92 Å². The molecule has 0 spiro atoms. The lowest BCUT2D eigenvalue weighted by atomic mass is 10.1. The Kier molecular flexibility index (Phi) is 4.97. The molecule has 3 nitrogen and oxygen atoms in total. The average Bonchev–Trinajstić information content (AvgIpc) is 3.04. The molecule has 3 aromatic heterocycles. The van der Waals surface area contributed by atoms with Crippen molar-refractivity contribution in [3.63, 3.8) is 0 Å². The number of fused-ring (bicyclic) bond motifs is 3. The third kappa shape index (κ3) is 3.10. The van der Waals surface area contributed by atoms with Crippen molar-refractivity contribution in [3.8, 4) is 11.3 Å². The van der Waals surface area contributed by atoms with Gasteiger partial charge in [0, 0.05) is 17.7 Å². The van der Waals surface area contributed by atoms with Gasteiger partial charge in [0.05, 0.1) is 17.6 Å². The van der Waals surface area contributed by atoms with Crippen molar-refractivity contribution in [1.29, 1.82) is 0 Å². The number of pyridine rings is 2. The SMILES string of the molecule is Cc1nc(-c2ccccc2)cc2c1[n+](Cc1ccccc1)c1ccccn21.[Br-]. The fourth-order valence-electron chi connectivity index (χ4n) is 3.82. The number of halogens is 1. The smallest absolute Gasteiger partial charge is 0.287 e. The van der Waals surface area contributed by atoms with Crippen molar-refractivity contribution in [1.82, 2.24) is 9.38 Å². The highest BCUT2D eigenvalue weighted by atomic mass is 79.9. The molecule has 0 fully saturated rings. The van der Waals surface area contributed by atoms with Crippen molar-refractivity contribution in [2.24, 2.45) is 0 Å². The van der Waals surface area contributed by atoms with Gasteiger partial charge >= 0.3 is 0 Å². The van der Waals surface area contributed by atoms with E-state index in [-0.39, 0.29) is 17.0 Å². The van der Waals surface area contributed by atoms with Gasteiger partial charge in [-0.2, -0.15) is 4.40 Å². The van der Waals surface area contributed by atoms with Crippen LogP contribution < -0.4 is 21.5 Å². The van der Waals surface area contributed by atoms with Gasteiger partial charge in [0.1, 0.15) is 6.54 Å². The second kappa shape index (κ2) is 7.56. The van der Waals surface area contributed by atoms with Crippen molar-refractivity contribution < 1.29 is 21.5 Å². The van der Waals surface area contributed by atoms with Gasteiger partial charge in [0.2, 0.25) is 0 Å². The quantitative estimate of drug-likeness (QED) is 0.400. The molecule has 0 aliphatic heterocycles. The van der Waals surface area contributed by atoms with Crippen LogP contribution in [0.15, 0.2) is 91.1 Å². The summed E-state index contributed by atoms with van der Waals surface area (Å²) in [5.41, 5.74) is 8.03. The number of benzene rings is 2. The van der Waals surface area contributed by atoms with E-state index in [1.54, 1.807) is 0 Å². The molecule has 2 aromatic carbocycles.